The molecule has 162 valence electrons. The summed E-state index contributed by atoms with van der Waals surface area (Å²) in [5.41, 5.74) is 1.96. The topological polar surface area (TPSA) is 104 Å². The highest BCUT2D eigenvalue weighted by molar-refractivity contribution is 5.85. The van der Waals surface area contributed by atoms with Crippen molar-refractivity contribution in [3.05, 3.63) is 54.4 Å². The van der Waals surface area contributed by atoms with Gasteiger partial charge in [-0.3, -0.25) is 0 Å². The van der Waals surface area contributed by atoms with Crippen LogP contribution in [0.5, 0.6) is 17.2 Å². The third-order valence-electron chi connectivity index (χ3n) is 4.47. The molecule has 2 N–H and O–H groups in total. The third kappa shape index (κ3) is 5.82. The number of methoxy groups -OCH3 is 2. The van der Waals surface area contributed by atoms with Gasteiger partial charge in [0.05, 0.1) is 19.9 Å². The number of aliphatic hydroxyl groups is 1. The summed E-state index contributed by atoms with van der Waals surface area (Å²) in [4.78, 5) is 0. The number of ether oxygens (including phenoxy) is 3. The fraction of sp³-hybridized carbons (Fsp3) is 0.350. The van der Waals surface area contributed by atoms with Gasteiger partial charge in [0.15, 0.2) is 11.5 Å². The van der Waals surface area contributed by atoms with E-state index in [-0.39, 0.29) is 25.1 Å². The van der Waals surface area contributed by atoms with E-state index in [2.05, 4.69) is 20.8 Å². The minimum Gasteiger partial charge on any atom is -0.493 e. The van der Waals surface area contributed by atoms with Crippen LogP contribution in [0, 0.1) is 0 Å². The summed E-state index contributed by atoms with van der Waals surface area (Å²) in [6.07, 6.45) is 0.844. The molecule has 0 spiro atoms. The summed E-state index contributed by atoms with van der Waals surface area (Å²) < 4.78 is 17.9. The van der Waals surface area contributed by atoms with Crippen LogP contribution in [0.15, 0.2) is 48.8 Å². The van der Waals surface area contributed by atoms with Crippen molar-refractivity contribution in [1.82, 2.24) is 25.5 Å². The molecular weight excluding hydrogens is 410 g/mol. The quantitative estimate of drug-likeness (QED) is 0.499. The Balaban J connectivity index is 0.00000320. The van der Waals surface area contributed by atoms with E-state index in [9.17, 15) is 5.11 Å². The Bertz CT molecular complexity index is 870. The minimum absolute atomic E-state index is 0. The normalized spacial score (nSPS) is 12.5. The van der Waals surface area contributed by atoms with Crippen LogP contribution in [0.1, 0.15) is 18.5 Å². The van der Waals surface area contributed by atoms with E-state index in [0.29, 0.717) is 23.8 Å². The van der Waals surface area contributed by atoms with Crippen LogP contribution in [0.4, 0.5) is 0 Å². The van der Waals surface area contributed by atoms with Gasteiger partial charge in [0.2, 0.25) is 5.75 Å². The molecule has 10 heteroatoms. The highest BCUT2D eigenvalue weighted by atomic mass is 35.5. The summed E-state index contributed by atoms with van der Waals surface area (Å²) in [6, 6.07) is 13.3. The van der Waals surface area contributed by atoms with Crippen LogP contribution in [-0.4, -0.2) is 58.8 Å². The Morgan fingerprint density at radius 3 is 2.30 bits per heavy atom. The number of nitrogens with zero attached hydrogens (tertiary/aromatic N) is 4. The molecule has 2 aromatic carbocycles. The van der Waals surface area contributed by atoms with E-state index in [1.807, 2.05) is 37.3 Å². The second-order valence-corrected chi connectivity index (χ2v) is 6.43. The van der Waals surface area contributed by atoms with Crippen molar-refractivity contribution in [3.8, 4) is 22.9 Å². The predicted octanol–water partition coefficient (Wildman–Crippen LogP) is 2.19. The molecule has 0 bridgehead atoms. The maximum absolute atomic E-state index is 10.3. The molecule has 1 aromatic heterocycles. The van der Waals surface area contributed by atoms with Gasteiger partial charge in [0, 0.05) is 12.6 Å². The number of aliphatic hydroxyl groups excluding tert-OH is 1. The Kier molecular flexibility index (Phi) is 8.85. The van der Waals surface area contributed by atoms with Crippen molar-refractivity contribution in [2.24, 2.45) is 0 Å². The Morgan fingerprint density at radius 2 is 1.73 bits per heavy atom. The Labute approximate surface area is 181 Å². The zero-order chi connectivity index (χ0) is 20.6. The maximum atomic E-state index is 10.3. The minimum atomic E-state index is -0.701. The van der Waals surface area contributed by atoms with Crippen LogP contribution >= 0.6 is 12.4 Å². The summed E-state index contributed by atoms with van der Waals surface area (Å²) in [6.45, 7) is 2.50. The van der Waals surface area contributed by atoms with E-state index in [4.69, 9.17) is 14.2 Å². The predicted molar refractivity (Wildman–Crippen MR) is 114 cm³/mol. The fourth-order valence-electron chi connectivity index (χ4n) is 2.82. The number of halogens is 1. The number of hydrogen-bond donors (Lipinski definition) is 2. The molecule has 2 atom stereocenters. The van der Waals surface area contributed by atoms with Gasteiger partial charge in [-0.2, -0.15) is 0 Å². The Morgan fingerprint density at radius 1 is 1.07 bits per heavy atom. The largest absolute Gasteiger partial charge is 0.493 e. The molecule has 0 aliphatic carbocycles. The van der Waals surface area contributed by atoms with E-state index in [1.54, 1.807) is 37.4 Å². The maximum Gasteiger partial charge on any atom is 0.203 e. The van der Waals surface area contributed by atoms with Gasteiger partial charge in [-0.05, 0) is 47.2 Å². The van der Waals surface area contributed by atoms with E-state index in [0.717, 1.165) is 11.3 Å². The van der Waals surface area contributed by atoms with Gasteiger partial charge in [-0.25, -0.2) is 4.68 Å². The van der Waals surface area contributed by atoms with Crippen molar-refractivity contribution in [2.45, 2.75) is 19.1 Å². The van der Waals surface area contributed by atoms with Crippen LogP contribution < -0.4 is 19.5 Å². The first-order valence-corrected chi connectivity index (χ1v) is 9.21. The first-order valence-electron chi connectivity index (χ1n) is 9.21. The van der Waals surface area contributed by atoms with Gasteiger partial charge in [0.1, 0.15) is 19.0 Å². The highest BCUT2D eigenvalue weighted by Crippen LogP contribution is 2.36. The van der Waals surface area contributed by atoms with Crippen molar-refractivity contribution in [1.29, 1.82) is 0 Å². The average molecular weight is 436 g/mol. The summed E-state index contributed by atoms with van der Waals surface area (Å²) in [5.74, 6) is 1.59. The van der Waals surface area contributed by atoms with E-state index in [1.165, 1.54) is 0 Å². The van der Waals surface area contributed by atoms with Crippen LogP contribution in [0.3, 0.4) is 0 Å². The first-order chi connectivity index (χ1) is 14.1. The number of tetrazole rings is 1. The van der Waals surface area contributed by atoms with E-state index >= 15 is 0 Å². The molecule has 0 saturated carbocycles. The van der Waals surface area contributed by atoms with Gasteiger partial charge >= 0.3 is 0 Å². The number of nitrogens with one attached hydrogen (secondary N) is 1. The van der Waals surface area contributed by atoms with Crippen molar-refractivity contribution in [2.75, 3.05) is 27.4 Å². The zero-order valence-corrected chi connectivity index (χ0v) is 17.9. The molecule has 0 radical (unpaired) electrons. The van der Waals surface area contributed by atoms with Gasteiger partial charge in [-0.1, -0.05) is 18.2 Å². The fourth-order valence-corrected chi connectivity index (χ4v) is 2.82. The van der Waals surface area contributed by atoms with Crippen LogP contribution in [0.2, 0.25) is 0 Å². The molecule has 3 rings (SSSR count). The molecule has 0 aliphatic rings. The molecule has 30 heavy (non-hydrogen) atoms. The zero-order valence-electron chi connectivity index (χ0n) is 17.1. The lowest BCUT2D eigenvalue weighted by Crippen LogP contribution is -2.33. The lowest BCUT2D eigenvalue weighted by atomic mass is 10.1. The van der Waals surface area contributed by atoms with Crippen molar-refractivity contribution in [3.63, 3.8) is 0 Å². The molecule has 0 saturated heterocycles. The third-order valence-corrected chi connectivity index (χ3v) is 4.47. The monoisotopic (exact) mass is 435 g/mol. The number of aromatic nitrogens is 4. The SMILES string of the molecule is COc1cccc(OC)c1OCC(O)CNC(C)c1ccc(-n2cnnn2)cc1.Cl. The van der Waals surface area contributed by atoms with Crippen LogP contribution in [-0.2, 0) is 0 Å². The molecule has 9 nitrogen and oxygen atoms in total. The molecule has 2 unspecified atom stereocenters. The second kappa shape index (κ2) is 11.3. The molecule has 1 heterocycles. The highest BCUT2D eigenvalue weighted by Gasteiger charge is 2.15. The van der Waals surface area contributed by atoms with Gasteiger partial charge < -0.3 is 24.6 Å². The van der Waals surface area contributed by atoms with Gasteiger partial charge in [0.25, 0.3) is 0 Å². The molecular formula is C20H26ClN5O4. The smallest absolute Gasteiger partial charge is 0.203 e. The van der Waals surface area contributed by atoms with Crippen molar-refractivity contribution < 1.29 is 19.3 Å². The standard InChI is InChI=1S/C20H25N5O4.ClH/c1-14(15-7-9-16(10-8-15)25-13-22-23-24-25)21-11-17(26)12-29-20-18(27-2)5-4-6-19(20)28-3;/h4-10,13-14,17,21,26H,11-12H2,1-3H3;1H. The number of rotatable bonds is 10. The number of para-hydroxylation sites is 1. The lowest BCUT2D eigenvalue weighted by molar-refractivity contribution is 0.100. The average Bonchev–Trinajstić information content (AvgIpc) is 3.30. The summed E-state index contributed by atoms with van der Waals surface area (Å²) in [7, 11) is 3.12. The van der Waals surface area contributed by atoms with Crippen LogP contribution in [0.25, 0.3) is 5.69 Å². The molecule has 0 fully saturated rings. The molecule has 0 amide bonds. The lowest BCUT2D eigenvalue weighted by Gasteiger charge is -2.19. The summed E-state index contributed by atoms with van der Waals surface area (Å²) >= 11 is 0. The van der Waals surface area contributed by atoms with Crippen molar-refractivity contribution >= 4 is 12.4 Å². The number of hydrogen-bond acceptors (Lipinski definition) is 8. The van der Waals surface area contributed by atoms with E-state index < -0.39 is 6.10 Å². The Hall–Kier alpha value is -2.88. The number of benzene rings is 2. The van der Waals surface area contributed by atoms with Gasteiger partial charge in [-0.15, -0.1) is 17.5 Å². The molecule has 3 aromatic rings. The first kappa shape index (κ1) is 23.4. The second-order valence-electron chi connectivity index (χ2n) is 6.43. The summed E-state index contributed by atoms with van der Waals surface area (Å²) in [5, 5.41) is 24.7. The molecule has 0 aliphatic heterocycles.